The number of carbonyl (C=O) groups excluding carboxylic acids is 1. The van der Waals surface area contributed by atoms with E-state index in [1.54, 1.807) is 4.90 Å². The summed E-state index contributed by atoms with van der Waals surface area (Å²) in [4.78, 5) is 15.4. The second-order valence-corrected chi connectivity index (χ2v) is 8.68. The zero-order valence-corrected chi connectivity index (χ0v) is 17.6. The standard InChI is InChI=1S/C23H22N2OS2/c1-3-4-7-16-10-12-18(13-11-16)25-22(26)21(28-23(25)27)14-17-15-24(2)20-9-6-5-8-19(17)20/h5-6,8-15H,3-4,7H2,1-2H3/b21-14-. The molecule has 2 heterocycles. The van der Waals surface area contributed by atoms with Crippen molar-refractivity contribution in [3.63, 3.8) is 0 Å². The molecule has 142 valence electrons. The van der Waals surface area contributed by atoms with Gasteiger partial charge in [0.1, 0.15) is 0 Å². The number of benzene rings is 2. The van der Waals surface area contributed by atoms with Crippen LogP contribution in [0.4, 0.5) is 5.69 Å². The zero-order valence-electron chi connectivity index (χ0n) is 16.0. The molecule has 1 fully saturated rings. The molecule has 1 aromatic heterocycles. The van der Waals surface area contributed by atoms with E-state index in [4.69, 9.17) is 12.2 Å². The summed E-state index contributed by atoms with van der Waals surface area (Å²) in [6.07, 6.45) is 7.43. The Morgan fingerprint density at radius 3 is 2.61 bits per heavy atom. The van der Waals surface area contributed by atoms with Gasteiger partial charge in [-0.05, 0) is 42.7 Å². The van der Waals surface area contributed by atoms with E-state index in [1.165, 1.54) is 30.2 Å². The third-order valence-corrected chi connectivity index (χ3v) is 6.32. The normalized spacial score (nSPS) is 15.9. The molecule has 4 rings (SSSR count). The molecule has 0 radical (unpaired) electrons. The lowest BCUT2D eigenvalue weighted by atomic mass is 10.1. The van der Waals surface area contributed by atoms with Crippen molar-refractivity contribution in [2.45, 2.75) is 26.2 Å². The Balaban J connectivity index is 1.62. The van der Waals surface area contributed by atoms with Gasteiger partial charge in [0.15, 0.2) is 4.32 Å². The maximum absolute atomic E-state index is 13.1. The molecule has 0 bridgehead atoms. The Hall–Kier alpha value is -2.37. The van der Waals surface area contributed by atoms with Gasteiger partial charge in [0.25, 0.3) is 5.91 Å². The lowest BCUT2D eigenvalue weighted by Gasteiger charge is -2.15. The van der Waals surface area contributed by atoms with Crippen LogP contribution in [0, 0.1) is 0 Å². The molecule has 5 heteroatoms. The molecule has 3 aromatic rings. The van der Waals surface area contributed by atoms with Crippen LogP contribution in [0.1, 0.15) is 30.9 Å². The summed E-state index contributed by atoms with van der Waals surface area (Å²) in [6, 6.07) is 16.4. The Bertz CT molecular complexity index is 1080. The molecule has 0 atom stereocenters. The zero-order chi connectivity index (χ0) is 19.7. The van der Waals surface area contributed by atoms with Crippen molar-refractivity contribution in [2.75, 3.05) is 4.90 Å². The minimum atomic E-state index is -0.0516. The molecular weight excluding hydrogens is 384 g/mol. The Morgan fingerprint density at radius 2 is 1.86 bits per heavy atom. The minimum Gasteiger partial charge on any atom is -0.350 e. The molecule has 1 amide bonds. The van der Waals surface area contributed by atoms with Crippen LogP contribution >= 0.6 is 24.0 Å². The monoisotopic (exact) mass is 406 g/mol. The fourth-order valence-corrected chi connectivity index (χ4v) is 4.80. The van der Waals surface area contributed by atoms with E-state index in [0.717, 1.165) is 28.6 Å². The van der Waals surface area contributed by atoms with Crippen LogP contribution in [-0.4, -0.2) is 14.8 Å². The molecule has 1 aliphatic heterocycles. The van der Waals surface area contributed by atoms with Crippen LogP contribution in [0.2, 0.25) is 0 Å². The van der Waals surface area contributed by atoms with Crippen LogP contribution in [0.3, 0.4) is 0 Å². The average Bonchev–Trinajstić information content (AvgIpc) is 3.17. The van der Waals surface area contributed by atoms with E-state index >= 15 is 0 Å². The van der Waals surface area contributed by atoms with E-state index in [0.29, 0.717) is 9.23 Å². The lowest BCUT2D eigenvalue weighted by molar-refractivity contribution is -0.113. The van der Waals surface area contributed by atoms with Crippen molar-refractivity contribution in [3.8, 4) is 0 Å². The first-order chi connectivity index (χ1) is 13.6. The summed E-state index contributed by atoms with van der Waals surface area (Å²) >= 11 is 6.89. The number of hydrogen-bond donors (Lipinski definition) is 0. The summed E-state index contributed by atoms with van der Waals surface area (Å²) in [5, 5.41) is 1.13. The number of unbranched alkanes of at least 4 members (excludes halogenated alkanes) is 1. The van der Waals surface area contributed by atoms with Gasteiger partial charge in [-0.3, -0.25) is 9.69 Å². The number of fused-ring (bicyclic) bond motifs is 1. The number of aryl methyl sites for hydroxylation is 2. The largest absolute Gasteiger partial charge is 0.350 e. The van der Waals surface area contributed by atoms with Crippen LogP contribution in [0.15, 0.2) is 59.6 Å². The molecule has 3 nitrogen and oxygen atoms in total. The fourth-order valence-electron chi connectivity index (χ4n) is 3.51. The number of thiocarbonyl (C=S) groups is 1. The molecule has 1 saturated heterocycles. The summed E-state index contributed by atoms with van der Waals surface area (Å²) in [5.41, 5.74) is 4.31. The van der Waals surface area contributed by atoms with E-state index < -0.39 is 0 Å². The van der Waals surface area contributed by atoms with Gasteiger partial charge in [-0.15, -0.1) is 0 Å². The molecular formula is C23H22N2OS2. The van der Waals surface area contributed by atoms with Crippen LogP contribution < -0.4 is 4.90 Å². The number of amides is 1. The predicted molar refractivity (Wildman–Crippen MR) is 124 cm³/mol. The van der Waals surface area contributed by atoms with Crippen molar-refractivity contribution in [1.29, 1.82) is 0 Å². The fraction of sp³-hybridized carbons (Fsp3) is 0.217. The number of hydrogen-bond acceptors (Lipinski definition) is 3. The minimum absolute atomic E-state index is 0.0516. The van der Waals surface area contributed by atoms with E-state index in [-0.39, 0.29) is 5.91 Å². The number of thioether (sulfide) groups is 1. The van der Waals surface area contributed by atoms with Crippen LogP contribution in [0.5, 0.6) is 0 Å². The van der Waals surface area contributed by atoms with Crippen LogP contribution in [0.25, 0.3) is 17.0 Å². The summed E-state index contributed by atoms with van der Waals surface area (Å²) in [7, 11) is 2.02. The highest BCUT2D eigenvalue weighted by Gasteiger charge is 2.33. The lowest BCUT2D eigenvalue weighted by Crippen LogP contribution is -2.27. The first-order valence-corrected chi connectivity index (χ1v) is 10.7. The van der Waals surface area contributed by atoms with Gasteiger partial charge in [-0.2, -0.15) is 0 Å². The summed E-state index contributed by atoms with van der Waals surface area (Å²) in [5.74, 6) is -0.0516. The molecule has 0 spiro atoms. The number of carbonyl (C=O) groups is 1. The van der Waals surface area contributed by atoms with Crippen molar-refractivity contribution in [2.24, 2.45) is 7.05 Å². The maximum atomic E-state index is 13.1. The SMILES string of the molecule is CCCCc1ccc(N2C(=O)/C(=C/c3cn(C)c4ccccc34)SC2=S)cc1. The van der Waals surface area contributed by atoms with E-state index in [9.17, 15) is 4.79 Å². The predicted octanol–water partition coefficient (Wildman–Crippen LogP) is 5.93. The molecule has 0 unspecified atom stereocenters. The second-order valence-electron chi connectivity index (χ2n) is 7.00. The Kier molecular flexibility index (Phi) is 5.38. The van der Waals surface area contributed by atoms with Gasteiger partial charge in [0.05, 0.1) is 10.6 Å². The first-order valence-electron chi connectivity index (χ1n) is 9.49. The number of aromatic nitrogens is 1. The highest BCUT2D eigenvalue weighted by atomic mass is 32.2. The van der Waals surface area contributed by atoms with Gasteiger partial charge in [0, 0.05) is 29.7 Å². The molecule has 0 N–H and O–H groups in total. The average molecular weight is 407 g/mol. The number of anilines is 1. The van der Waals surface area contributed by atoms with Crippen molar-refractivity contribution >= 4 is 56.9 Å². The van der Waals surface area contributed by atoms with Crippen molar-refractivity contribution in [3.05, 3.63) is 70.8 Å². The van der Waals surface area contributed by atoms with E-state index in [2.05, 4.69) is 42.0 Å². The Labute approximate surface area is 175 Å². The number of para-hydroxylation sites is 1. The Morgan fingerprint density at radius 1 is 1.11 bits per heavy atom. The van der Waals surface area contributed by atoms with Gasteiger partial charge in [-0.25, -0.2) is 0 Å². The topological polar surface area (TPSA) is 25.2 Å². The molecule has 0 saturated carbocycles. The maximum Gasteiger partial charge on any atom is 0.270 e. The smallest absolute Gasteiger partial charge is 0.270 e. The van der Waals surface area contributed by atoms with Crippen molar-refractivity contribution in [1.82, 2.24) is 4.57 Å². The van der Waals surface area contributed by atoms with Crippen molar-refractivity contribution < 1.29 is 4.79 Å². The third kappa shape index (κ3) is 3.52. The highest BCUT2D eigenvalue weighted by molar-refractivity contribution is 8.27. The quantitative estimate of drug-likeness (QED) is 0.388. The van der Waals surface area contributed by atoms with Gasteiger partial charge in [0.2, 0.25) is 0 Å². The third-order valence-electron chi connectivity index (χ3n) is 5.02. The van der Waals surface area contributed by atoms with Crippen LogP contribution in [-0.2, 0) is 18.3 Å². The second kappa shape index (κ2) is 7.94. The molecule has 1 aliphatic rings. The number of nitrogens with zero attached hydrogens (tertiary/aromatic N) is 2. The molecule has 0 aliphatic carbocycles. The highest BCUT2D eigenvalue weighted by Crippen LogP contribution is 2.37. The van der Waals surface area contributed by atoms with E-state index in [1.807, 2.05) is 37.4 Å². The first kappa shape index (κ1) is 19.0. The van der Waals surface area contributed by atoms with Gasteiger partial charge in [-0.1, -0.05) is 67.7 Å². The number of rotatable bonds is 5. The van der Waals surface area contributed by atoms with Gasteiger partial charge < -0.3 is 4.57 Å². The van der Waals surface area contributed by atoms with Gasteiger partial charge >= 0.3 is 0 Å². The molecule has 28 heavy (non-hydrogen) atoms. The summed E-state index contributed by atoms with van der Waals surface area (Å²) in [6.45, 7) is 2.19. The molecule has 2 aromatic carbocycles. The summed E-state index contributed by atoms with van der Waals surface area (Å²) < 4.78 is 2.66.